The van der Waals surface area contributed by atoms with Crippen LogP contribution in [0, 0.1) is 0 Å². The molecule has 0 fully saturated rings. The van der Waals surface area contributed by atoms with Gasteiger partial charge in [0.15, 0.2) is 0 Å². The van der Waals surface area contributed by atoms with Crippen LogP contribution in [-0.2, 0) is 9.53 Å². The molecule has 2 N–H and O–H groups in total. The van der Waals surface area contributed by atoms with E-state index in [1.807, 2.05) is 0 Å². The van der Waals surface area contributed by atoms with Gasteiger partial charge in [-0.15, -0.1) is 0 Å². The number of aliphatic hydroxyl groups is 1. The SMILES string of the molecule is C=C(C)C(=O)NCC(O)COCCC[Si](C)(C)C(C)(C)C. The van der Waals surface area contributed by atoms with Gasteiger partial charge in [0.2, 0.25) is 5.91 Å². The standard InChI is InChI=1S/C16H33NO3Si/c1-13(2)15(19)17-11-14(18)12-20-9-8-10-21(6,7)16(3,4)5/h14,18H,1,8-12H2,2-7H3,(H,17,19). The molecule has 1 unspecified atom stereocenters. The Morgan fingerprint density at radius 3 is 2.43 bits per heavy atom. The minimum absolute atomic E-state index is 0.202. The summed E-state index contributed by atoms with van der Waals surface area (Å²) in [6.45, 7) is 18.1. The molecule has 0 saturated heterocycles. The Kier molecular flexibility index (Phi) is 8.44. The van der Waals surface area contributed by atoms with E-state index >= 15 is 0 Å². The predicted octanol–water partition coefficient (Wildman–Crippen LogP) is 2.95. The number of carbonyl (C=O) groups is 1. The Morgan fingerprint density at radius 2 is 1.95 bits per heavy atom. The lowest BCUT2D eigenvalue weighted by Gasteiger charge is -2.37. The van der Waals surface area contributed by atoms with Crippen molar-refractivity contribution in [3.63, 3.8) is 0 Å². The van der Waals surface area contributed by atoms with Gasteiger partial charge in [0.25, 0.3) is 0 Å². The highest BCUT2D eigenvalue weighted by atomic mass is 28.3. The van der Waals surface area contributed by atoms with Crippen LogP contribution in [0.5, 0.6) is 0 Å². The molecule has 1 atom stereocenters. The Bertz CT molecular complexity index is 348. The monoisotopic (exact) mass is 315 g/mol. The second-order valence-electron chi connectivity index (χ2n) is 7.46. The second-order valence-corrected chi connectivity index (χ2v) is 13.2. The molecule has 0 heterocycles. The van der Waals surface area contributed by atoms with Crippen LogP contribution >= 0.6 is 0 Å². The number of carbonyl (C=O) groups excluding carboxylic acids is 1. The summed E-state index contributed by atoms with van der Waals surface area (Å²) in [4.78, 5) is 11.3. The van der Waals surface area contributed by atoms with Gasteiger partial charge in [-0.3, -0.25) is 4.79 Å². The second kappa shape index (κ2) is 8.71. The lowest BCUT2D eigenvalue weighted by Crippen LogP contribution is -2.37. The number of ether oxygens (including phenoxy) is 1. The minimum Gasteiger partial charge on any atom is -0.389 e. The largest absolute Gasteiger partial charge is 0.389 e. The van der Waals surface area contributed by atoms with Crippen LogP contribution < -0.4 is 5.32 Å². The van der Waals surface area contributed by atoms with Crippen LogP contribution in [0.4, 0.5) is 0 Å². The van der Waals surface area contributed by atoms with Gasteiger partial charge in [-0.2, -0.15) is 0 Å². The first-order chi connectivity index (χ1) is 9.47. The molecule has 0 aliphatic carbocycles. The van der Waals surface area contributed by atoms with E-state index in [1.54, 1.807) is 6.92 Å². The maximum Gasteiger partial charge on any atom is 0.246 e. The van der Waals surface area contributed by atoms with Crippen LogP contribution in [0.3, 0.4) is 0 Å². The van der Waals surface area contributed by atoms with Crippen molar-refractivity contribution < 1.29 is 14.6 Å². The van der Waals surface area contributed by atoms with E-state index in [9.17, 15) is 9.90 Å². The summed E-state index contributed by atoms with van der Waals surface area (Å²) in [6, 6.07) is 1.22. The molecule has 0 aromatic rings. The summed E-state index contributed by atoms with van der Waals surface area (Å²) >= 11 is 0. The Hall–Kier alpha value is -0.653. The van der Waals surface area contributed by atoms with Crippen molar-refractivity contribution in [3.8, 4) is 0 Å². The summed E-state index contributed by atoms with van der Waals surface area (Å²) in [5.41, 5.74) is 0.442. The summed E-state index contributed by atoms with van der Waals surface area (Å²) < 4.78 is 5.49. The van der Waals surface area contributed by atoms with E-state index in [-0.39, 0.29) is 19.1 Å². The molecule has 0 radical (unpaired) electrons. The van der Waals surface area contributed by atoms with Crippen molar-refractivity contribution in [2.45, 2.75) is 64.4 Å². The van der Waals surface area contributed by atoms with E-state index in [0.29, 0.717) is 17.2 Å². The zero-order valence-corrected chi connectivity index (χ0v) is 15.6. The quantitative estimate of drug-likeness (QED) is 0.391. The molecular weight excluding hydrogens is 282 g/mol. The van der Waals surface area contributed by atoms with Gasteiger partial charge in [-0.05, 0) is 18.4 Å². The molecule has 0 bridgehead atoms. The molecule has 0 aromatic carbocycles. The van der Waals surface area contributed by atoms with Crippen molar-refractivity contribution in [2.24, 2.45) is 0 Å². The van der Waals surface area contributed by atoms with Gasteiger partial charge >= 0.3 is 0 Å². The third-order valence-electron chi connectivity index (χ3n) is 4.32. The van der Waals surface area contributed by atoms with Crippen molar-refractivity contribution in [2.75, 3.05) is 19.8 Å². The highest BCUT2D eigenvalue weighted by Gasteiger charge is 2.33. The van der Waals surface area contributed by atoms with Crippen molar-refractivity contribution in [3.05, 3.63) is 12.2 Å². The first kappa shape index (κ1) is 20.3. The molecule has 5 heteroatoms. The van der Waals surface area contributed by atoms with Gasteiger partial charge in [-0.25, -0.2) is 0 Å². The molecule has 0 saturated carbocycles. The zero-order valence-electron chi connectivity index (χ0n) is 14.6. The minimum atomic E-state index is -1.23. The molecule has 1 amide bonds. The third-order valence-corrected chi connectivity index (χ3v) is 9.98. The van der Waals surface area contributed by atoms with Gasteiger partial charge in [0.1, 0.15) is 0 Å². The van der Waals surface area contributed by atoms with Crippen LogP contribution in [0.15, 0.2) is 12.2 Å². The summed E-state index contributed by atoms with van der Waals surface area (Å²) in [7, 11) is -1.23. The van der Waals surface area contributed by atoms with Crippen LogP contribution in [0.2, 0.25) is 24.2 Å². The Labute approximate surface area is 131 Å². The predicted molar refractivity (Wildman–Crippen MR) is 91.3 cm³/mol. The average Bonchev–Trinajstić information content (AvgIpc) is 2.33. The zero-order chi connectivity index (χ0) is 16.7. The number of amides is 1. The Balaban J connectivity index is 3.77. The van der Waals surface area contributed by atoms with Crippen LogP contribution in [-0.4, -0.2) is 45.0 Å². The lowest BCUT2D eigenvalue weighted by atomic mass is 10.2. The number of rotatable bonds is 9. The normalized spacial score (nSPS) is 13.9. The molecule has 0 aliphatic rings. The first-order valence-corrected chi connectivity index (χ1v) is 10.9. The number of hydrogen-bond donors (Lipinski definition) is 2. The third kappa shape index (κ3) is 8.39. The smallest absolute Gasteiger partial charge is 0.246 e. The van der Waals surface area contributed by atoms with E-state index < -0.39 is 14.2 Å². The highest BCUT2D eigenvalue weighted by molar-refractivity contribution is 6.80. The van der Waals surface area contributed by atoms with E-state index in [2.05, 4.69) is 45.8 Å². The molecule has 4 nitrogen and oxygen atoms in total. The van der Waals surface area contributed by atoms with Gasteiger partial charge in [0, 0.05) is 18.7 Å². The van der Waals surface area contributed by atoms with Gasteiger partial charge < -0.3 is 15.2 Å². The fourth-order valence-electron chi connectivity index (χ4n) is 1.63. The average molecular weight is 316 g/mol. The highest BCUT2D eigenvalue weighted by Crippen LogP contribution is 2.39. The fraction of sp³-hybridized carbons (Fsp3) is 0.812. The summed E-state index contributed by atoms with van der Waals surface area (Å²) in [5, 5.41) is 12.7. The molecule has 0 rings (SSSR count). The first-order valence-electron chi connectivity index (χ1n) is 7.67. The lowest BCUT2D eigenvalue weighted by molar-refractivity contribution is -0.118. The molecule has 0 aliphatic heterocycles. The molecule has 124 valence electrons. The Morgan fingerprint density at radius 1 is 1.38 bits per heavy atom. The fourth-order valence-corrected chi connectivity index (χ4v) is 3.41. The topological polar surface area (TPSA) is 58.6 Å². The molecule has 21 heavy (non-hydrogen) atoms. The van der Waals surface area contributed by atoms with Crippen molar-refractivity contribution in [1.29, 1.82) is 0 Å². The maximum atomic E-state index is 11.3. The van der Waals surface area contributed by atoms with Crippen LogP contribution in [0.25, 0.3) is 0 Å². The van der Waals surface area contributed by atoms with E-state index in [4.69, 9.17) is 4.74 Å². The van der Waals surface area contributed by atoms with Crippen molar-refractivity contribution >= 4 is 14.0 Å². The van der Waals surface area contributed by atoms with Gasteiger partial charge in [0.05, 0.1) is 20.8 Å². The number of nitrogens with one attached hydrogen (secondary N) is 1. The number of aliphatic hydroxyl groups excluding tert-OH is 1. The van der Waals surface area contributed by atoms with Crippen molar-refractivity contribution in [1.82, 2.24) is 5.32 Å². The summed E-state index contributed by atoms with van der Waals surface area (Å²) in [6.07, 6.45) is 0.364. The van der Waals surface area contributed by atoms with Gasteiger partial charge in [-0.1, -0.05) is 46.5 Å². The maximum absolute atomic E-state index is 11.3. The summed E-state index contributed by atoms with van der Waals surface area (Å²) in [5.74, 6) is -0.230. The van der Waals surface area contributed by atoms with Crippen LogP contribution in [0.1, 0.15) is 34.1 Å². The molecule has 0 aromatic heterocycles. The van der Waals surface area contributed by atoms with E-state index in [1.165, 1.54) is 6.04 Å². The number of hydrogen-bond acceptors (Lipinski definition) is 3. The molecule has 0 spiro atoms. The molecular formula is C16H33NO3Si. The van der Waals surface area contributed by atoms with E-state index in [0.717, 1.165) is 6.42 Å².